The lowest BCUT2D eigenvalue weighted by molar-refractivity contribution is -0.888. The van der Waals surface area contributed by atoms with E-state index in [0.717, 1.165) is 45.6 Å². The molecule has 0 saturated carbocycles. The molecule has 1 aromatic rings. The molecule has 2 amide bonds. The van der Waals surface area contributed by atoms with Crippen molar-refractivity contribution < 1.29 is 9.28 Å². The Balaban J connectivity index is 1.72. The van der Waals surface area contributed by atoms with Gasteiger partial charge in [-0.25, -0.2) is 9.28 Å². The number of rotatable bonds is 4. The molecular formula is C20H30N5O+. The maximum absolute atomic E-state index is 12.3. The Hall–Kier alpha value is -2.10. The number of hydrogen-bond acceptors (Lipinski definition) is 4. The molecule has 26 heavy (non-hydrogen) atoms. The largest absolute Gasteiger partial charge is 0.414 e. The van der Waals surface area contributed by atoms with E-state index in [9.17, 15) is 4.79 Å². The Bertz CT molecular complexity index is 674. The third kappa shape index (κ3) is 3.29. The standard InChI is InChI=1S/C20H29N5O/c1-16-4-3-15-25(16,20(22)26)17(2)18-5-7-19(8-6-18)24-13-11-23(10-9-21)12-14-24/h5-8,16-17H,3-4,10-15H2,1-2H3,(H-,22,26)/p+1/t16-,17?,25?/m1/s1. The number of carbonyl (C=O) groups is 1. The molecule has 6 nitrogen and oxygen atoms in total. The number of amides is 2. The summed E-state index contributed by atoms with van der Waals surface area (Å²) in [7, 11) is 0. The summed E-state index contributed by atoms with van der Waals surface area (Å²) in [6, 6.07) is 11.0. The molecule has 3 atom stereocenters. The first-order valence-electron chi connectivity index (χ1n) is 9.60. The van der Waals surface area contributed by atoms with Crippen LogP contribution in [0.4, 0.5) is 10.5 Å². The zero-order valence-corrected chi connectivity index (χ0v) is 15.9. The molecule has 2 saturated heterocycles. The highest BCUT2D eigenvalue weighted by Crippen LogP contribution is 2.38. The minimum absolute atomic E-state index is 0.0755. The molecule has 3 rings (SSSR count). The van der Waals surface area contributed by atoms with E-state index in [1.807, 2.05) is 0 Å². The van der Waals surface area contributed by atoms with E-state index in [4.69, 9.17) is 11.0 Å². The zero-order valence-electron chi connectivity index (χ0n) is 15.9. The van der Waals surface area contributed by atoms with Crippen molar-refractivity contribution in [2.75, 3.05) is 44.2 Å². The van der Waals surface area contributed by atoms with Crippen molar-refractivity contribution in [3.63, 3.8) is 0 Å². The van der Waals surface area contributed by atoms with Crippen molar-refractivity contribution in [2.24, 2.45) is 5.73 Å². The van der Waals surface area contributed by atoms with Gasteiger partial charge in [-0.05, 0) is 26.0 Å². The predicted octanol–water partition coefficient (Wildman–Crippen LogP) is 2.47. The summed E-state index contributed by atoms with van der Waals surface area (Å²) in [4.78, 5) is 16.8. The van der Waals surface area contributed by atoms with Crippen molar-refractivity contribution >= 4 is 11.7 Å². The Kier molecular flexibility index (Phi) is 5.49. The van der Waals surface area contributed by atoms with Gasteiger partial charge in [0.1, 0.15) is 6.04 Å². The number of piperazine rings is 1. The lowest BCUT2D eigenvalue weighted by atomic mass is 10.0. The molecule has 2 aliphatic rings. The fourth-order valence-corrected chi connectivity index (χ4v) is 4.69. The van der Waals surface area contributed by atoms with E-state index in [1.165, 1.54) is 11.3 Å². The third-order valence-corrected chi connectivity index (χ3v) is 6.45. The van der Waals surface area contributed by atoms with Gasteiger partial charge in [0, 0.05) is 50.3 Å². The van der Waals surface area contributed by atoms with Crippen molar-refractivity contribution in [2.45, 2.75) is 38.8 Å². The van der Waals surface area contributed by atoms with Crippen LogP contribution in [-0.4, -0.2) is 60.7 Å². The normalized spacial score (nSPS) is 27.9. The Morgan fingerprint density at radius 1 is 1.31 bits per heavy atom. The number of benzene rings is 1. The van der Waals surface area contributed by atoms with Gasteiger partial charge >= 0.3 is 6.03 Å². The number of quaternary nitrogens is 1. The van der Waals surface area contributed by atoms with Gasteiger partial charge in [-0.15, -0.1) is 0 Å². The van der Waals surface area contributed by atoms with Crippen molar-refractivity contribution in [3.8, 4) is 6.07 Å². The molecule has 0 radical (unpaired) electrons. The van der Waals surface area contributed by atoms with Crippen LogP contribution in [0.25, 0.3) is 0 Å². The molecule has 2 heterocycles. The smallest absolute Gasteiger partial charge is 0.369 e. The van der Waals surface area contributed by atoms with Gasteiger partial charge in [0.2, 0.25) is 0 Å². The van der Waals surface area contributed by atoms with Gasteiger partial charge in [0.05, 0.1) is 25.2 Å². The molecular weight excluding hydrogens is 326 g/mol. The highest BCUT2D eigenvalue weighted by molar-refractivity contribution is 5.65. The van der Waals surface area contributed by atoms with Gasteiger partial charge in [-0.1, -0.05) is 12.1 Å². The van der Waals surface area contributed by atoms with E-state index in [-0.39, 0.29) is 18.1 Å². The molecule has 140 valence electrons. The van der Waals surface area contributed by atoms with Gasteiger partial charge in [0.25, 0.3) is 0 Å². The fraction of sp³-hybridized carbons (Fsp3) is 0.600. The first-order valence-corrected chi connectivity index (χ1v) is 9.60. The van der Waals surface area contributed by atoms with Gasteiger partial charge < -0.3 is 10.6 Å². The third-order valence-electron chi connectivity index (χ3n) is 6.45. The molecule has 6 heteroatoms. The van der Waals surface area contributed by atoms with Crippen LogP contribution in [0.3, 0.4) is 0 Å². The van der Waals surface area contributed by atoms with E-state index in [1.54, 1.807) is 0 Å². The predicted molar refractivity (Wildman–Crippen MR) is 103 cm³/mol. The number of hydrogen-bond donors (Lipinski definition) is 1. The summed E-state index contributed by atoms with van der Waals surface area (Å²) in [6.45, 7) is 9.33. The second-order valence-corrected chi connectivity index (χ2v) is 7.67. The molecule has 0 bridgehead atoms. The fourth-order valence-electron chi connectivity index (χ4n) is 4.69. The lowest BCUT2D eigenvalue weighted by Crippen LogP contribution is -2.58. The summed E-state index contributed by atoms with van der Waals surface area (Å²) >= 11 is 0. The zero-order chi connectivity index (χ0) is 18.7. The highest BCUT2D eigenvalue weighted by atomic mass is 16.2. The summed E-state index contributed by atoms with van der Waals surface area (Å²) in [6.07, 6.45) is 2.11. The topological polar surface area (TPSA) is 73.4 Å². The van der Waals surface area contributed by atoms with Crippen LogP contribution < -0.4 is 10.6 Å². The van der Waals surface area contributed by atoms with Crippen LogP contribution in [-0.2, 0) is 0 Å². The summed E-state index contributed by atoms with van der Waals surface area (Å²) in [5.41, 5.74) is 8.22. The average Bonchev–Trinajstić information content (AvgIpc) is 3.05. The average molecular weight is 356 g/mol. The van der Waals surface area contributed by atoms with E-state index in [2.05, 4.69) is 54.0 Å². The minimum Gasteiger partial charge on any atom is -0.369 e. The molecule has 0 aliphatic carbocycles. The van der Waals surface area contributed by atoms with Crippen molar-refractivity contribution in [1.82, 2.24) is 4.90 Å². The Morgan fingerprint density at radius 3 is 2.46 bits per heavy atom. The number of anilines is 1. The number of likely N-dealkylation sites (tertiary alicyclic amines) is 1. The molecule has 2 N–H and O–H groups in total. The van der Waals surface area contributed by atoms with Gasteiger partial charge in [-0.3, -0.25) is 4.90 Å². The first-order chi connectivity index (χ1) is 12.5. The number of nitrogens with two attached hydrogens (primary N) is 1. The van der Waals surface area contributed by atoms with Crippen LogP contribution in [0, 0.1) is 11.3 Å². The Morgan fingerprint density at radius 2 is 1.96 bits per heavy atom. The number of nitriles is 1. The first kappa shape index (κ1) is 18.7. The van der Waals surface area contributed by atoms with E-state index >= 15 is 0 Å². The van der Waals surface area contributed by atoms with Crippen LogP contribution in [0.5, 0.6) is 0 Å². The van der Waals surface area contributed by atoms with Crippen LogP contribution in [0.2, 0.25) is 0 Å². The highest BCUT2D eigenvalue weighted by Gasteiger charge is 2.49. The second-order valence-electron chi connectivity index (χ2n) is 7.67. The number of urea groups is 1. The van der Waals surface area contributed by atoms with Gasteiger partial charge in [0.15, 0.2) is 0 Å². The molecule has 2 aliphatic heterocycles. The lowest BCUT2D eigenvalue weighted by Gasteiger charge is -2.40. The van der Waals surface area contributed by atoms with Crippen molar-refractivity contribution in [1.29, 1.82) is 5.26 Å². The second kappa shape index (κ2) is 7.65. The molecule has 2 fully saturated rings. The minimum atomic E-state index is -0.208. The quantitative estimate of drug-likeness (QED) is 0.664. The SMILES string of the molecule is CC(c1ccc(N2CCN(CC#N)CC2)cc1)[N+]1(C(N)=O)CCC[C@H]1C. The number of nitrogens with zero attached hydrogens (tertiary/aromatic N) is 4. The van der Waals surface area contributed by atoms with Gasteiger partial charge in [-0.2, -0.15) is 5.26 Å². The summed E-state index contributed by atoms with van der Waals surface area (Å²) in [5.74, 6) is 0. The van der Waals surface area contributed by atoms with Crippen molar-refractivity contribution in [3.05, 3.63) is 29.8 Å². The Labute approximate surface area is 156 Å². The van der Waals surface area contributed by atoms with Crippen LogP contribution in [0.15, 0.2) is 24.3 Å². The molecule has 0 spiro atoms. The van der Waals surface area contributed by atoms with E-state index < -0.39 is 0 Å². The summed E-state index contributed by atoms with van der Waals surface area (Å²) in [5, 5.41) is 8.81. The number of primary amides is 1. The van der Waals surface area contributed by atoms with E-state index in [0.29, 0.717) is 11.0 Å². The molecule has 1 aromatic carbocycles. The maximum atomic E-state index is 12.3. The summed E-state index contributed by atoms with van der Waals surface area (Å²) < 4.78 is 0.367. The molecule has 0 aromatic heterocycles. The number of carbonyl (C=O) groups excluding carboxylic acids is 1. The maximum Gasteiger partial charge on any atom is 0.414 e. The monoisotopic (exact) mass is 356 g/mol. The molecule has 2 unspecified atom stereocenters. The van der Waals surface area contributed by atoms with Crippen LogP contribution >= 0.6 is 0 Å². The van der Waals surface area contributed by atoms with Crippen LogP contribution in [0.1, 0.15) is 38.3 Å².